The Labute approximate surface area is 137 Å². The third kappa shape index (κ3) is 4.51. The number of halogens is 1. The molecular weight excluding hydrogens is 322 g/mol. The van der Waals surface area contributed by atoms with Gasteiger partial charge in [0, 0.05) is 29.9 Å². The average Bonchev–Trinajstić information content (AvgIpc) is 2.86. The fraction of sp³-hybridized carbons (Fsp3) is 0.286. The highest BCUT2D eigenvalue weighted by Gasteiger charge is 2.13. The molecule has 23 heavy (non-hydrogen) atoms. The van der Waals surface area contributed by atoms with Crippen molar-refractivity contribution >= 4 is 28.9 Å². The molecule has 9 heteroatoms. The highest BCUT2D eigenvalue weighted by molar-refractivity contribution is 6.34. The average molecular weight is 338 g/mol. The number of benzene rings is 1. The number of aromatic amines is 1. The molecule has 2 rings (SSSR count). The van der Waals surface area contributed by atoms with Gasteiger partial charge in [-0.05, 0) is 20.0 Å². The van der Waals surface area contributed by atoms with Crippen molar-refractivity contribution in [2.75, 3.05) is 18.9 Å². The summed E-state index contributed by atoms with van der Waals surface area (Å²) >= 11 is 5.94. The number of rotatable bonds is 6. The molecule has 122 valence electrons. The van der Waals surface area contributed by atoms with Gasteiger partial charge < -0.3 is 5.32 Å². The maximum Gasteiger partial charge on any atom is 0.271 e. The van der Waals surface area contributed by atoms with Crippen LogP contribution in [0.1, 0.15) is 11.3 Å². The van der Waals surface area contributed by atoms with Gasteiger partial charge in [-0.3, -0.25) is 24.9 Å². The van der Waals surface area contributed by atoms with E-state index in [1.807, 2.05) is 18.9 Å². The van der Waals surface area contributed by atoms with Gasteiger partial charge in [-0.1, -0.05) is 11.6 Å². The Bertz CT molecular complexity index is 731. The zero-order chi connectivity index (χ0) is 17.0. The standard InChI is InChI=1S/C14H16ClN5O3/c1-9-10(6-16-18-9)7-19(2)8-14(21)17-13-4-3-11(20(22)23)5-12(13)15/h3-6H,7-8H2,1-2H3,(H,16,18)(H,17,21). The topological polar surface area (TPSA) is 104 Å². The first-order valence-electron chi connectivity index (χ1n) is 6.78. The van der Waals surface area contributed by atoms with Gasteiger partial charge in [0.2, 0.25) is 5.91 Å². The number of anilines is 1. The van der Waals surface area contributed by atoms with E-state index in [1.165, 1.54) is 18.2 Å². The minimum atomic E-state index is -0.543. The molecule has 2 N–H and O–H groups in total. The number of nitrogens with zero attached hydrogens (tertiary/aromatic N) is 3. The van der Waals surface area contributed by atoms with Crippen LogP contribution in [-0.4, -0.2) is 39.5 Å². The smallest absolute Gasteiger partial charge is 0.271 e. The maximum atomic E-state index is 12.0. The molecule has 0 atom stereocenters. The second-order valence-electron chi connectivity index (χ2n) is 5.16. The van der Waals surface area contributed by atoms with Gasteiger partial charge in [-0.15, -0.1) is 0 Å². The van der Waals surface area contributed by atoms with Crippen molar-refractivity contribution in [3.8, 4) is 0 Å². The Hall–Kier alpha value is -2.45. The summed E-state index contributed by atoms with van der Waals surface area (Å²) in [4.78, 5) is 24.0. The molecule has 0 aliphatic carbocycles. The van der Waals surface area contributed by atoms with Crippen LogP contribution in [0.2, 0.25) is 5.02 Å². The summed E-state index contributed by atoms with van der Waals surface area (Å²) in [5, 5.41) is 20.2. The van der Waals surface area contributed by atoms with Crippen molar-refractivity contribution in [3.05, 3.63) is 50.8 Å². The molecular formula is C14H16ClN5O3. The van der Waals surface area contributed by atoms with Crippen LogP contribution in [0.4, 0.5) is 11.4 Å². The lowest BCUT2D eigenvalue weighted by Gasteiger charge is -2.16. The predicted molar refractivity (Wildman–Crippen MR) is 86.4 cm³/mol. The summed E-state index contributed by atoms with van der Waals surface area (Å²) in [6, 6.07) is 3.91. The lowest BCUT2D eigenvalue weighted by atomic mass is 10.2. The molecule has 0 saturated carbocycles. The summed E-state index contributed by atoms with van der Waals surface area (Å²) in [6.07, 6.45) is 1.72. The number of H-pyrrole nitrogens is 1. The lowest BCUT2D eigenvalue weighted by Crippen LogP contribution is -2.30. The second kappa shape index (κ2) is 7.21. The van der Waals surface area contributed by atoms with Crippen LogP contribution >= 0.6 is 11.6 Å². The van der Waals surface area contributed by atoms with Crippen LogP contribution in [0.15, 0.2) is 24.4 Å². The van der Waals surface area contributed by atoms with E-state index < -0.39 is 4.92 Å². The molecule has 1 amide bonds. The van der Waals surface area contributed by atoms with Crippen LogP contribution in [0.5, 0.6) is 0 Å². The minimum absolute atomic E-state index is 0.124. The maximum absolute atomic E-state index is 12.0. The lowest BCUT2D eigenvalue weighted by molar-refractivity contribution is -0.384. The van der Waals surface area contributed by atoms with Crippen molar-refractivity contribution in [1.82, 2.24) is 15.1 Å². The fourth-order valence-corrected chi connectivity index (χ4v) is 2.26. The molecule has 0 radical (unpaired) electrons. The molecule has 2 aromatic rings. The number of nitro benzene ring substituents is 1. The first kappa shape index (κ1) is 16.9. The molecule has 0 unspecified atom stereocenters. The molecule has 0 aliphatic rings. The van der Waals surface area contributed by atoms with Gasteiger partial charge in [0.05, 0.1) is 28.4 Å². The molecule has 1 aromatic heterocycles. The Balaban J connectivity index is 1.94. The molecule has 1 aromatic carbocycles. The van der Waals surface area contributed by atoms with Gasteiger partial charge in [-0.2, -0.15) is 5.10 Å². The SMILES string of the molecule is Cc1[nH]ncc1CN(C)CC(=O)Nc1ccc([N+](=O)[O-])cc1Cl. The van der Waals surface area contributed by atoms with Crippen molar-refractivity contribution in [1.29, 1.82) is 0 Å². The largest absolute Gasteiger partial charge is 0.324 e. The number of non-ortho nitro benzene ring substituents is 1. The number of aromatic nitrogens is 2. The van der Waals surface area contributed by atoms with E-state index in [1.54, 1.807) is 6.20 Å². The Morgan fingerprint density at radius 1 is 1.52 bits per heavy atom. The first-order chi connectivity index (χ1) is 10.9. The summed E-state index contributed by atoms with van der Waals surface area (Å²) in [6.45, 7) is 2.63. The van der Waals surface area contributed by atoms with E-state index in [2.05, 4.69) is 15.5 Å². The van der Waals surface area contributed by atoms with Crippen molar-refractivity contribution < 1.29 is 9.72 Å². The monoisotopic (exact) mass is 337 g/mol. The van der Waals surface area contributed by atoms with Gasteiger partial charge in [0.25, 0.3) is 5.69 Å². The Morgan fingerprint density at radius 3 is 2.83 bits per heavy atom. The van der Waals surface area contributed by atoms with Crippen molar-refractivity contribution in [2.24, 2.45) is 0 Å². The third-order valence-electron chi connectivity index (χ3n) is 3.23. The van der Waals surface area contributed by atoms with Crippen LogP contribution in [-0.2, 0) is 11.3 Å². The number of likely N-dealkylation sites (N-methyl/N-ethyl adjacent to an activating group) is 1. The number of nitro groups is 1. The van der Waals surface area contributed by atoms with Gasteiger partial charge in [0.15, 0.2) is 0 Å². The number of carbonyl (C=O) groups is 1. The highest BCUT2D eigenvalue weighted by atomic mass is 35.5. The molecule has 0 fully saturated rings. The quantitative estimate of drug-likeness (QED) is 0.622. The highest BCUT2D eigenvalue weighted by Crippen LogP contribution is 2.26. The fourth-order valence-electron chi connectivity index (χ4n) is 2.04. The van der Waals surface area contributed by atoms with Gasteiger partial charge in [-0.25, -0.2) is 0 Å². The molecule has 0 saturated heterocycles. The minimum Gasteiger partial charge on any atom is -0.324 e. The predicted octanol–water partition coefficient (Wildman–Crippen LogP) is 2.35. The molecule has 0 spiro atoms. The zero-order valence-electron chi connectivity index (χ0n) is 12.7. The van der Waals surface area contributed by atoms with E-state index in [0.29, 0.717) is 12.2 Å². The summed E-state index contributed by atoms with van der Waals surface area (Å²) in [7, 11) is 1.81. The number of amides is 1. The molecule has 0 bridgehead atoms. The summed E-state index contributed by atoms with van der Waals surface area (Å²) in [5.41, 5.74) is 2.18. The van der Waals surface area contributed by atoms with Crippen LogP contribution in [0.25, 0.3) is 0 Å². The van der Waals surface area contributed by atoms with E-state index in [0.717, 1.165) is 11.3 Å². The Kier molecular flexibility index (Phi) is 5.30. The van der Waals surface area contributed by atoms with E-state index in [4.69, 9.17) is 11.6 Å². The number of hydrogen-bond acceptors (Lipinski definition) is 5. The molecule has 1 heterocycles. The second-order valence-corrected chi connectivity index (χ2v) is 5.57. The number of aryl methyl sites for hydroxylation is 1. The Morgan fingerprint density at radius 2 is 2.26 bits per heavy atom. The van der Waals surface area contributed by atoms with Crippen LogP contribution in [0, 0.1) is 17.0 Å². The number of carbonyl (C=O) groups excluding carboxylic acids is 1. The molecule has 8 nitrogen and oxygen atoms in total. The molecule has 0 aliphatic heterocycles. The van der Waals surface area contributed by atoms with Crippen molar-refractivity contribution in [2.45, 2.75) is 13.5 Å². The number of hydrogen-bond donors (Lipinski definition) is 2. The number of nitrogens with one attached hydrogen (secondary N) is 2. The normalized spacial score (nSPS) is 10.8. The zero-order valence-corrected chi connectivity index (χ0v) is 13.4. The van der Waals surface area contributed by atoms with Crippen molar-refractivity contribution in [3.63, 3.8) is 0 Å². The first-order valence-corrected chi connectivity index (χ1v) is 7.16. The van der Waals surface area contributed by atoms with Crippen LogP contribution < -0.4 is 5.32 Å². The summed E-state index contributed by atoms with van der Waals surface area (Å²) in [5.74, 6) is -0.260. The van der Waals surface area contributed by atoms with E-state index in [9.17, 15) is 14.9 Å². The van der Waals surface area contributed by atoms with Gasteiger partial charge in [0.1, 0.15) is 0 Å². The third-order valence-corrected chi connectivity index (χ3v) is 3.54. The van der Waals surface area contributed by atoms with Gasteiger partial charge >= 0.3 is 0 Å². The summed E-state index contributed by atoms with van der Waals surface area (Å²) < 4.78 is 0. The van der Waals surface area contributed by atoms with Crippen LogP contribution in [0.3, 0.4) is 0 Å². The van der Waals surface area contributed by atoms with E-state index >= 15 is 0 Å². The van der Waals surface area contributed by atoms with E-state index in [-0.39, 0.29) is 23.2 Å².